The number of rotatable bonds is 5. The van der Waals surface area contributed by atoms with E-state index in [1.165, 1.54) is 12.3 Å². The van der Waals surface area contributed by atoms with Crippen molar-refractivity contribution >= 4 is 0 Å². The molecule has 0 radical (unpaired) electrons. The molecule has 0 aromatic carbocycles. The molecule has 0 spiro atoms. The third kappa shape index (κ3) is 3.40. The second-order valence-electron chi connectivity index (χ2n) is 2.76. The van der Waals surface area contributed by atoms with Crippen molar-refractivity contribution in [3.05, 3.63) is 24.3 Å². The Morgan fingerprint density at radius 2 is 2.36 bits per heavy atom. The maximum atomic E-state index is 12.9. The third-order valence-corrected chi connectivity index (χ3v) is 1.67. The molecule has 0 saturated heterocycles. The molecule has 4 heteroatoms. The highest BCUT2D eigenvalue weighted by atomic mass is 19.1. The molecule has 0 fully saturated rings. The summed E-state index contributed by atoms with van der Waals surface area (Å²) in [5.41, 5.74) is 0. The average molecular weight is 194 g/mol. The zero-order chi connectivity index (χ0) is 10.2. The second kappa shape index (κ2) is 5.92. The van der Waals surface area contributed by atoms with Gasteiger partial charge in [0.15, 0.2) is 5.75 Å². The second-order valence-corrected chi connectivity index (χ2v) is 2.76. The normalized spacial score (nSPS) is 9.43. The van der Waals surface area contributed by atoms with Crippen LogP contribution in [0.2, 0.25) is 0 Å². The minimum atomic E-state index is -0.590. The molecular formula is C10H11FN2O. The van der Waals surface area contributed by atoms with Crippen LogP contribution in [0.4, 0.5) is 4.39 Å². The topological polar surface area (TPSA) is 45.9 Å². The van der Waals surface area contributed by atoms with E-state index in [2.05, 4.69) is 4.98 Å². The van der Waals surface area contributed by atoms with Crippen molar-refractivity contribution in [3.8, 4) is 11.8 Å². The van der Waals surface area contributed by atoms with Crippen LogP contribution in [0.15, 0.2) is 18.3 Å². The van der Waals surface area contributed by atoms with Gasteiger partial charge in [-0.05, 0) is 25.0 Å². The molecule has 0 N–H and O–H groups in total. The molecule has 0 atom stereocenters. The Balaban J connectivity index is 2.25. The first kappa shape index (κ1) is 10.5. The molecule has 0 aliphatic rings. The molecule has 0 unspecified atom stereocenters. The van der Waals surface area contributed by atoms with E-state index in [-0.39, 0.29) is 5.75 Å². The van der Waals surface area contributed by atoms with Crippen molar-refractivity contribution in [3.63, 3.8) is 0 Å². The van der Waals surface area contributed by atoms with Gasteiger partial charge in [0.2, 0.25) is 0 Å². The minimum absolute atomic E-state index is 0.171. The lowest BCUT2D eigenvalue weighted by atomic mass is 10.3. The number of nitriles is 1. The molecule has 74 valence electrons. The summed E-state index contributed by atoms with van der Waals surface area (Å²) in [4.78, 5) is 3.45. The Bertz CT molecular complexity index is 322. The number of unbranched alkanes of at least 4 members (excludes halogenated alkanes) is 2. The number of hydrogen-bond donors (Lipinski definition) is 0. The van der Waals surface area contributed by atoms with Gasteiger partial charge < -0.3 is 4.74 Å². The third-order valence-electron chi connectivity index (χ3n) is 1.67. The van der Waals surface area contributed by atoms with Gasteiger partial charge in [-0.1, -0.05) is 0 Å². The fourth-order valence-electron chi connectivity index (χ4n) is 0.967. The summed E-state index contributed by atoms with van der Waals surface area (Å²) >= 11 is 0. The molecule has 0 aliphatic carbocycles. The van der Waals surface area contributed by atoms with Crippen LogP contribution in [0, 0.1) is 17.3 Å². The van der Waals surface area contributed by atoms with Gasteiger partial charge in [-0.2, -0.15) is 9.65 Å². The standard InChI is InChI=1S/C10H11FN2O/c11-10-9(5-4-7-13-10)14-8-3-1-2-6-12/h4-5,7H,1-3,8H2. The highest BCUT2D eigenvalue weighted by Gasteiger charge is 2.01. The molecule has 0 amide bonds. The molecule has 1 aromatic heterocycles. The van der Waals surface area contributed by atoms with Crippen LogP contribution in [0.3, 0.4) is 0 Å². The van der Waals surface area contributed by atoms with E-state index in [1.807, 2.05) is 6.07 Å². The smallest absolute Gasteiger partial charge is 0.255 e. The van der Waals surface area contributed by atoms with E-state index in [0.29, 0.717) is 13.0 Å². The first-order chi connectivity index (χ1) is 6.84. The fraction of sp³-hybridized carbons (Fsp3) is 0.400. The van der Waals surface area contributed by atoms with Crippen LogP contribution in [-0.2, 0) is 0 Å². The first-order valence-electron chi connectivity index (χ1n) is 4.45. The molecule has 1 rings (SSSR count). The fourth-order valence-corrected chi connectivity index (χ4v) is 0.967. The quantitative estimate of drug-likeness (QED) is 0.533. The van der Waals surface area contributed by atoms with Crippen molar-refractivity contribution in [1.29, 1.82) is 5.26 Å². The molecule has 0 aliphatic heterocycles. The van der Waals surface area contributed by atoms with Gasteiger partial charge in [-0.15, -0.1) is 0 Å². The van der Waals surface area contributed by atoms with Crippen molar-refractivity contribution in [2.75, 3.05) is 6.61 Å². The van der Waals surface area contributed by atoms with Gasteiger partial charge in [0.05, 0.1) is 12.7 Å². The first-order valence-corrected chi connectivity index (χ1v) is 4.45. The van der Waals surface area contributed by atoms with E-state index in [9.17, 15) is 4.39 Å². The van der Waals surface area contributed by atoms with E-state index in [1.54, 1.807) is 6.07 Å². The van der Waals surface area contributed by atoms with Crippen molar-refractivity contribution in [1.82, 2.24) is 4.98 Å². The van der Waals surface area contributed by atoms with Crippen molar-refractivity contribution in [2.45, 2.75) is 19.3 Å². The van der Waals surface area contributed by atoms with E-state index in [0.717, 1.165) is 12.8 Å². The van der Waals surface area contributed by atoms with Crippen LogP contribution >= 0.6 is 0 Å². The Labute approximate surface area is 82.1 Å². The summed E-state index contributed by atoms with van der Waals surface area (Å²) in [7, 11) is 0. The predicted molar refractivity (Wildman–Crippen MR) is 49.2 cm³/mol. The van der Waals surface area contributed by atoms with Gasteiger partial charge in [0.25, 0.3) is 5.95 Å². The molecular weight excluding hydrogens is 183 g/mol. The molecule has 3 nitrogen and oxygen atoms in total. The maximum absolute atomic E-state index is 12.9. The molecule has 14 heavy (non-hydrogen) atoms. The lowest BCUT2D eigenvalue weighted by Crippen LogP contribution is -1.99. The predicted octanol–water partition coefficient (Wildman–Crippen LogP) is 2.29. The maximum Gasteiger partial charge on any atom is 0.255 e. The molecule has 0 bridgehead atoms. The zero-order valence-electron chi connectivity index (χ0n) is 7.74. The lowest BCUT2D eigenvalue weighted by molar-refractivity contribution is 0.288. The summed E-state index contributed by atoms with van der Waals surface area (Å²) < 4.78 is 18.0. The summed E-state index contributed by atoms with van der Waals surface area (Å²) in [6, 6.07) is 5.19. The number of pyridine rings is 1. The van der Waals surface area contributed by atoms with Gasteiger partial charge in [0.1, 0.15) is 0 Å². The van der Waals surface area contributed by atoms with Crippen molar-refractivity contribution < 1.29 is 9.13 Å². The van der Waals surface area contributed by atoms with Crippen LogP contribution in [0.5, 0.6) is 5.75 Å². The monoisotopic (exact) mass is 194 g/mol. The van der Waals surface area contributed by atoms with Gasteiger partial charge in [-0.25, -0.2) is 4.98 Å². The minimum Gasteiger partial charge on any atom is -0.489 e. The SMILES string of the molecule is N#CCCCCOc1cccnc1F. The summed E-state index contributed by atoms with van der Waals surface area (Å²) in [5.74, 6) is -0.419. The highest BCUT2D eigenvalue weighted by molar-refractivity contribution is 5.17. The van der Waals surface area contributed by atoms with E-state index in [4.69, 9.17) is 10.00 Å². The Hall–Kier alpha value is -1.63. The number of ether oxygens (including phenoxy) is 1. The Morgan fingerprint density at radius 3 is 3.07 bits per heavy atom. The highest BCUT2D eigenvalue weighted by Crippen LogP contribution is 2.13. The van der Waals surface area contributed by atoms with Crippen LogP contribution in [0.1, 0.15) is 19.3 Å². The van der Waals surface area contributed by atoms with Gasteiger partial charge >= 0.3 is 0 Å². The lowest BCUT2D eigenvalue weighted by Gasteiger charge is -2.04. The van der Waals surface area contributed by atoms with Gasteiger partial charge in [-0.3, -0.25) is 0 Å². The summed E-state index contributed by atoms with van der Waals surface area (Å²) in [5, 5.41) is 8.27. The molecule has 0 saturated carbocycles. The largest absolute Gasteiger partial charge is 0.489 e. The van der Waals surface area contributed by atoms with Crippen LogP contribution < -0.4 is 4.74 Å². The average Bonchev–Trinajstić information content (AvgIpc) is 2.20. The Morgan fingerprint density at radius 1 is 1.50 bits per heavy atom. The summed E-state index contributed by atoms with van der Waals surface area (Å²) in [6.45, 7) is 0.421. The molecule has 1 aromatic rings. The number of hydrogen-bond acceptors (Lipinski definition) is 3. The van der Waals surface area contributed by atoms with Crippen LogP contribution in [0.25, 0.3) is 0 Å². The van der Waals surface area contributed by atoms with E-state index >= 15 is 0 Å². The molecule has 1 heterocycles. The van der Waals surface area contributed by atoms with Crippen molar-refractivity contribution in [2.24, 2.45) is 0 Å². The van der Waals surface area contributed by atoms with Gasteiger partial charge in [0, 0.05) is 12.6 Å². The number of nitrogens with zero attached hydrogens (tertiary/aromatic N) is 2. The number of aromatic nitrogens is 1. The zero-order valence-corrected chi connectivity index (χ0v) is 7.74. The van der Waals surface area contributed by atoms with Crippen LogP contribution in [-0.4, -0.2) is 11.6 Å². The number of halogens is 1. The Kier molecular flexibility index (Phi) is 4.42. The van der Waals surface area contributed by atoms with E-state index < -0.39 is 5.95 Å². The summed E-state index contributed by atoms with van der Waals surface area (Å²) in [6.07, 6.45) is 3.41.